The third kappa shape index (κ3) is 5.83. The summed E-state index contributed by atoms with van der Waals surface area (Å²) in [5.74, 6) is 1.92. The Kier molecular flexibility index (Phi) is 8.00. The minimum absolute atomic E-state index is 0.178. The zero-order chi connectivity index (χ0) is 11.9. The first-order chi connectivity index (χ1) is 6.95. The van der Waals surface area contributed by atoms with Crippen molar-refractivity contribution in [3.63, 3.8) is 0 Å². The van der Waals surface area contributed by atoms with Crippen LogP contribution in [-0.2, 0) is 4.74 Å². The zero-order valence-corrected chi connectivity index (χ0v) is 12.2. The molecule has 0 rings (SSSR count). The minimum Gasteiger partial charge on any atom is -0.380 e. The second kappa shape index (κ2) is 7.45. The summed E-state index contributed by atoms with van der Waals surface area (Å²) in [6.07, 6.45) is 0. The van der Waals surface area contributed by atoms with Crippen molar-refractivity contribution in [2.45, 2.75) is 13.8 Å². The Morgan fingerprint density at radius 2 is 1.00 bits per heavy atom. The third-order valence-corrected chi connectivity index (χ3v) is 4.77. The molecule has 1 nitrogen and oxygen atoms in total. The van der Waals surface area contributed by atoms with Crippen molar-refractivity contribution in [2.75, 3.05) is 36.7 Å². The molecule has 0 aromatic carbocycles. The summed E-state index contributed by atoms with van der Waals surface area (Å²) in [4.78, 5) is 0. The normalized spacial score (nSPS) is 13.2. The van der Waals surface area contributed by atoms with Crippen molar-refractivity contribution < 1.29 is 4.74 Å². The van der Waals surface area contributed by atoms with Gasteiger partial charge in [-0.15, -0.1) is 46.4 Å². The van der Waals surface area contributed by atoms with Crippen LogP contribution in [0.5, 0.6) is 0 Å². The van der Waals surface area contributed by atoms with Gasteiger partial charge in [-0.1, -0.05) is 13.8 Å². The topological polar surface area (TPSA) is 9.23 Å². The molecule has 0 saturated carbocycles. The van der Waals surface area contributed by atoms with Gasteiger partial charge in [0.25, 0.3) is 0 Å². The van der Waals surface area contributed by atoms with Crippen LogP contribution in [0.15, 0.2) is 0 Å². The predicted octanol–water partition coefficient (Wildman–Crippen LogP) is 3.97. The molecule has 15 heavy (non-hydrogen) atoms. The monoisotopic (exact) mass is 294 g/mol. The van der Waals surface area contributed by atoms with Gasteiger partial charge in [0.15, 0.2) is 0 Å². The first-order valence-corrected chi connectivity index (χ1v) is 6.91. The molecule has 0 N–H and O–H groups in total. The van der Waals surface area contributed by atoms with Gasteiger partial charge in [0, 0.05) is 34.3 Å². The molecule has 0 atom stereocenters. The lowest BCUT2D eigenvalue weighted by Gasteiger charge is -2.28. The molecule has 0 fully saturated rings. The highest BCUT2D eigenvalue weighted by Crippen LogP contribution is 2.24. The maximum absolute atomic E-state index is 5.81. The second-order valence-electron chi connectivity index (χ2n) is 4.65. The van der Waals surface area contributed by atoms with Gasteiger partial charge < -0.3 is 4.74 Å². The third-order valence-electron chi connectivity index (χ3n) is 2.19. The van der Waals surface area contributed by atoms with E-state index in [1.807, 2.05) is 13.8 Å². The fraction of sp³-hybridized carbons (Fsp3) is 1.00. The molecule has 92 valence electrons. The van der Waals surface area contributed by atoms with Crippen LogP contribution >= 0.6 is 46.4 Å². The number of alkyl halides is 4. The summed E-state index contributed by atoms with van der Waals surface area (Å²) in [5, 5.41) is 0. The van der Waals surface area contributed by atoms with E-state index >= 15 is 0 Å². The summed E-state index contributed by atoms with van der Waals surface area (Å²) in [6, 6.07) is 0. The fourth-order valence-corrected chi connectivity index (χ4v) is 1.65. The Labute approximate surface area is 112 Å². The largest absolute Gasteiger partial charge is 0.380 e. The van der Waals surface area contributed by atoms with Gasteiger partial charge in [-0.05, 0) is 0 Å². The van der Waals surface area contributed by atoms with Crippen LogP contribution in [-0.4, -0.2) is 36.7 Å². The van der Waals surface area contributed by atoms with E-state index in [-0.39, 0.29) is 10.8 Å². The average Bonchev–Trinajstić information content (AvgIpc) is 2.28. The molecule has 0 unspecified atom stereocenters. The highest BCUT2D eigenvalue weighted by Gasteiger charge is 2.26. The number of hydrogen-bond donors (Lipinski definition) is 0. The van der Waals surface area contributed by atoms with Gasteiger partial charge >= 0.3 is 0 Å². The fourth-order valence-electron chi connectivity index (χ4n) is 0.770. The van der Waals surface area contributed by atoms with E-state index in [1.54, 1.807) is 0 Å². The van der Waals surface area contributed by atoms with E-state index in [0.717, 1.165) is 0 Å². The molecule has 0 aliphatic heterocycles. The van der Waals surface area contributed by atoms with Gasteiger partial charge in [0.1, 0.15) is 0 Å². The van der Waals surface area contributed by atoms with Crippen molar-refractivity contribution in [1.82, 2.24) is 0 Å². The number of halogens is 4. The summed E-state index contributed by atoms with van der Waals surface area (Å²) in [7, 11) is 0. The highest BCUT2D eigenvalue weighted by molar-refractivity contribution is 6.21. The van der Waals surface area contributed by atoms with E-state index in [9.17, 15) is 0 Å². The van der Waals surface area contributed by atoms with E-state index in [1.165, 1.54) is 0 Å². The number of hydrogen-bond acceptors (Lipinski definition) is 1. The van der Waals surface area contributed by atoms with Crippen LogP contribution < -0.4 is 0 Å². The summed E-state index contributed by atoms with van der Waals surface area (Å²) in [6.45, 7) is 5.05. The Hall–Kier alpha value is 1.12. The van der Waals surface area contributed by atoms with Crippen molar-refractivity contribution >= 4 is 46.4 Å². The molecule has 0 saturated heterocycles. The number of ether oxygens (including phenoxy) is 1. The van der Waals surface area contributed by atoms with Crippen molar-refractivity contribution in [2.24, 2.45) is 10.8 Å². The van der Waals surface area contributed by atoms with Gasteiger partial charge in [-0.2, -0.15) is 0 Å². The van der Waals surface area contributed by atoms with Crippen LogP contribution in [0, 0.1) is 10.8 Å². The van der Waals surface area contributed by atoms with Crippen LogP contribution in [0.1, 0.15) is 13.8 Å². The molecular formula is C10H18Cl4O. The molecule has 0 spiro atoms. The predicted molar refractivity (Wildman–Crippen MR) is 69.9 cm³/mol. The van der Waals surface area contributed by atoms with Crippen LogP contribution in [0.4, 0.5) is 0 Å². The zero-order valence-electron chi connectivity index (χ0n) is 9.16. The summed E-state index contributed by atoms with van der Waals surface area (Å²) < 4.78 is 5.59. The van der Waals surface area contributed by atoms with E-state index in [4.69, 9.17) is 51.1 Å². The molecule has 0 bridgehead atoms. The molecular weight excluding hydrogens is 278 g/mol. The van der Waals surface area contributed by atoms with Gasteiger partial charge in [0.05, 0.1) is 13.2 Å². The molecule has 0 aromatic heterocycles. The molecule has 0 radical (unpaired) electrons. The van der Waals surface area contributed by atoms with Crippen molar-refractivity contribution in [3.05, 3.63) is 0 Å². The SMILES string of the molecule is CC(CCl)(CCl)COCC(C)(CCl)CCl. The van der Waals surface area contributed by atoms with Gasteiger partial charge in [-0.3, -0.25) is 0 Å². The second-order valence-corrected chi connectivity index (χ2v) is 5.72. The molecule has 0 aromatic rings. The smallest absolute Gasteiger partial charge is 0.0542 e. The lowest BCUT2D eigenvalue weighted by Crippen LogP contribution is -2.33. The minimum atomic E-state index is -0.178. The maximum atomic E-state index is 5.81. The molecule has 0 aliphatic carbocycles. The quantitative estimate of drug-likeness (QED) is 0.616. The van der Waals surface area contributed by atoms with E-state index in [0.29, 0.717) is 36.7 Å². The number of rotatable bonds is 8. The standard InChI is InChI=1S/C10H18Cl4O/c1-9(3-11,4-12)7-15-8-10(2,5-13)6-14/h3-8H2,1-2H3. The Morgan fingerprint density at radius 3 is 1.20 bits per heavy atom. The Balaban J connectivity index is 3.96. The van der Waals surface area contributed by atoms with Crippen LogP contribution in [0.3, 0.4) is 0 Å². The summed E-state index contributed by atoms with van der Waals surface area (Å²) in [5.41, 5.74) is -0.356. The van der Waals surface area contributed by atoms with Crippen LogP contribution in [0.25, 0.3) is 0 Å². The molecule has 0 aliphatic rings. The lowest BCUT2D eigenvalue weighted by molar-refractivity contribution is 0.0319. The lowest BCUT2D eigenvalue weighted by atomic mass is 9.96. The Bertz CT molecular complexity index is 149. The van der Waals surface area contributed by atoms with Gasteiger partial charge in [0.2, 0.25) is 0 Å². The molecule has 0 heterocycles. The first-order valence-electron chi connectivity index (χ1n) is 4.77. The highest BCUT2D eigenvalue weighted by atomic mass is 35.5. The first kappa shape index (κ1) is 16.1. The van der Waals surface area contributed by atoms with E-state index < -0.39 is 0 Å². The van der Waals surface area contributed by atoms with Crippen molar-refractivity contribution in [1.29, 1.82) is 0 Å². The van der Waals surface area contributed by atoms with Crippen LogP contribution in [0.2, 0.25) is 0 Å². The molecule has 5 heteroatoms. The Morgan fingerprint density at radius 1 is 0.733 bits per heavy atom. The molecule has 0 amide bonds. The maximum Gasteiger partial charge on any atom is 0.0542 e. The summed E-state index contributed by atoms with van der Waals surface area (Å²) >= 11 is 23.2. The van der Waals surface area contributed by atoms with E-state index in [2.05, 4.69) is 0 Å². The van der Waals surface area contributed by atoms with Crippen molar-refractivity contribution in [3.8, 4) is 0 Å². The van der Waals surface area contributed by atoms with Gasteiger partial charge in [-0.25, -0.2) is 0 Å². The average molecular weight is 296 g/mol.